The minimum atomic E-state index is -4.04. The van der Waals surface area contributed by atoms with E-state index in [1.54, 1.807) is 53.7 Å². The third-order valence-corrected chi connectivity index (χ3v) is 6.74. The maximum atomic E-state index is 13.4. The Hall–Kier alpha value is -2.68. The van der Waals surface area contributed by atoms with Gasteiger partial charge < -0.3 is 0 Å². The van der Waals surface area contributed by atoms with Gasteiger partial charge in [-0.05, 0) is 59.6 Å². The molecule has 0 unspecified atom stereocenters. The SMILES string of the molecule is Cc1cc(C)c(S(=O)(=O)n2cc3c(=O)n(C(C)C)c(=O)n(C(C)C)c3n2)c(C)c1. The zero-order valence-electron chi connectivity index (χ0n) is 17.7. The first-order valence-corrected chi connectivity index (χ1v) is 10.9. The average Bonchev–Trinajstić information content (AvgIpc) is 2.98. The highest BCUT2D eigenvalue weighted by Gasteiger charge is 2.27. The first-order chi connectivity index (χ1) is 13.4. The van der Waals surface area contributed by atoms with Crippen molar-refractivity contribution in [1.82, 2.24) is 18.3 Å². The first-order valence-electron chi connectivity index (χ1n) is 9.47. The lowest BCUT2D eigenvalue weighted by atomic mass is 10.1. The lowest BCUT2D eigenvalue weighted by Gasteiger charge is -2.15. The molecule has 0 saturated heterocycles. The summed E-state index contributed by atoms with van der Waals surface area (Å²) in [6.07, 6.45) is 1.21. The van der Waals surface area contributed by atoms with Gasteiger partial charge in [-0.3, -0.25) is 13.9 Å². The predicted molar refractivity (Wildman–Crippen MR) is 112 cm³/mol. The van der Waals surface area contributed by atoms with Crippen molar-refractivity contribution in [3.05, 3.63) is 55.9 Å². The molecule has 156 valence electrons. The van der Waals surface area contributed by atoms with E-state index in [-0.39, 0.29) is 28.0 Å². The van der Waals surface area contributed by atoms with E-state index in [1.165, 1.54) is 10.8 Å². The van der Waals surface area contributed by atoms with Crippen LogP contribution >= 0.6 is 0 Å². The van der Waals surface area contributed by atoms with E-state index >= 15 is 0 Å². The Bertz CT molecular complexity index is 1320. The van der Waals surface area contributed by atoms with E-state index in [0.717, 1.165) is 14.2 Å². The van der Waals surface area contributed by atoms with Crippen LogP contribution in [-0.2, 0) is 10.0 Å². The lowest BCUT2D eigenvalue weighted by Crippen LogP contribution is -2.41. The van der Waals surface area contributed by atoms with Crippen LogP contribution < -0.4 is 11.2 Å². The van der Waals surface area contributed by atoms with Crippen molar-refractivity contribution in [2.45, 2.75) is 65.4 Å². The molecule has 0 atom stereocenters. The smallest absolute Gasteiger partial charge is 0.273 e. The molecule has 0 amide bonds. The summed E-state index contributed by atoms with van der Waals surface area (Å²) >= 11 is 0. The molecule has 2 heterocycles. The number of nitrogens with zero attached hydrogens (tertiary/aromatic N) is 4. The second-order valence-corrected chi connectivity index (χ2v) is 9.72. The van der Waals surface area contributed by atoms with Crippen LogP contribution in [0.25, 0.3) is 11.0 Å². The standard InChI is InChI=1S/C20H26N4O4S/c1-11(2)23-18-16(19(25)24(12(3)4)20(23)26)10-22(21-18)29(27,28)17-14(6)8-13(5)9-15(17)7/h8-12H,1-7H3. The number of hydrogen-bond donors (Lipinski definition) is 0. The minimum absolute atomic E-state index is 0.0675. The second-order valence-electron chi connectivity index (χ2n) is 7.99. The highest BCUT2D eigenvalue weighted by molar-refractivity contribution is 7.90. The number of aromatic nitrogens is 4. The monoisotopic (exact) mass is 418 g/mol. The summed E-state index contributed by atoms with van der Waals surface area (Å²) in [5.74, 6) is 0. The number of fused-ring (bicyclic) bond motifs is 1. The summed E-state index contributed by atoms with van der Waals surface area (Å²) in [5.41, 5.74) is 1.18. The van der Waals surface area contributed by atoms with Crippen LogP contribution in [0.3, 0.4) is 0 Å². The van der Waals surface area contributed by atoms with Gasteiger partial charge in [0.25, 0.3) is 15.6 Å². The predicted octanol–water partition coefficient (Wildman–Crippen LogP) is 2.68. The maximum absolute atomic E-state index is 13.4. The molecule has 0 bridgehead atoms. The van der Waals surface area contributed by atoms with Gasteiger partial charge in [0.05, 0.1) is 11.1 Å². The van der Waals surface area contributed by atoms with Gasteiger partial charge in [0, 0.05) is 12.1 Å². The van der Waals surface area contributed by atoms with Crippen molar-refractivity contribution in [3.63, 3.8) is 0 Å². The van der Waals surface area contributed by atoms with E-state index in [2.05, 4.69) is 5.10 Å². The molecule has 0 aliphatic rings. The topological polar surface area (TPSA) is 96.0 Å². The Labute approximate surface area is 169 Å². The van der Waals surface area contributed by atoms with Crippen molar-refractivity contribution in [3.8, 4) is 0 Å². The van der Waals surface area contributed by atoms with Crippen LogP contribution in [0.5, 0.6) is 0 Å². The van der Waals surface area contributed by atoms with Crippen LogP contribution in [0, 0.1) is 20.8 Å². The van der Waals surface area contributed by atoms with Gasteiger partial charge in [-0.1, -0.05) is 17.7 Å². The van der Waals surface area contributed by atoms with Crippen molar-refractivity contribution >= 4 is 21.1 Å². The zero-order chi connectivity index (χ0) is 21.8. The quantitative estimate of drug-likeness (QED) is 0.649. The van der Waals surface area contributed by atoms with E-state index in [4.69, 9.17) is 0 Å². The molecule has 0 aliphatic heterocycles. The van der Waals surface area contributed by atoms with Crippen molar-refractivity contribution < 1.29 is 8.42 Å². The van der Waals surface area contributed by atoms with Crippen LogP contribution in [0.15, 0.2) is 32.8 Å². The molecular formula is C20H26N4O4S. The van der Waals surface area contributed by atoms with E-state index in [9.17, 15) is 18.0 Å². The van der Waals surface area contributed by atoms with Crippen LogP contribution in [0.4, 0.5) is 0 Å². The summed E-state index contributed by atoms with van der Waals surface area (Å²) < 4.78 is 30.0. The summed E-state index contributed by atoms with van der Waals surface area (Å²) in [6.45, 7) is 12.4. The van der Waals surface area contributed by atoms with Gasteiger partial charge in [0.1, 0.15) is 5.39 Å². The van der Waals surface area contributed by atoms with Gasteiger partial charge in [-0.15, -0.1) is 5.10 Å². The third kappa shape index (κ3) is 3.23. The van der Waals surface area contributed by atoms with E-state index in [0.29, 0.717) is 11.1 Å². The molecule has 2 aromatic heterocycles. The molecule has 8 nitrogen and oxygen atoms in total. The summed E-state index contributed by atoms with van der Waals surface area (Å²) in [4.78, 5) is 26.0. The molecule has 0 aliphatic carbocycles. The highest BCUT2D eigenvalue weighted by atomic mass is 32.2. The molecule has 9 heteroatoms. The van der Waals surface area contributed by atoms with Gasteiger partial charge in [-0.25, -0.2) is 4.79 Å². The largest absolute Gasteiger partial charge is 0.333 e. The third-order valence-electron chi connectivity index (χ3n) is 4.90. The molecule has 0 fully saturated rings. The van der Waals surface area contributed by atoms with Gasteiger partial charge in [0.15, 0.2) is 5.65 Å². The maximum Gasteiger partial charge on any atom is 0.333 e. The van der Waals surface area contributed by atoms with Crippen LogP contribution in [0.1, 0.15) is 56.5 Å². The zero-order valence-corrected chi connectivity index (χ0v) is 18.5. The highest BCUT2D eigenvalue weighted by Crippen LogP contribution is 2.25. The van der Waals surface area contributed by atoms with E-state index < -0.39 is 21.3 Å². The molecule has 3 aromatic rings. The fourth-order valence-corrected chi connectivity index (χ4v) is 5.36. The molecule has 0 N–H and O–H groups in total. The number of benzene rings is 1. The molecule has 1 aromatic carbocycles. The summed E-state index contributed by atoms with van der Waals surface area (Å²) in [7, 11) is -4.04. The normalized spacial score (nSPS) is 12.4. The number of hydrogen-bond acceptors (Lipinski definition) is 5. The molecular weight excluding hydrogens is 392 g/mol. The summed E-state index contributed by atoms with van der Waals surface area (Å²) in [5, 5.41) is 4.28. The van der Waals surface area contributed by atoms with Crippen LogP contribution in [-0.4, -0.2) is 26.7 Å². The average molecular weight is 419 g/mol. The fourth-order valence-electron chi connectivity index (χ4n) is 3.81. The van der Waals surface area contributed by atoms with Gasteiger partial charge in [0.2, 0.25) is 0 Å². The number of rotatable bonds is 4. The van der Waals surface area contributed by atoms with E-state index in [1.807, 2.05) is 6.92 Å². The Morgan fingerprint density at radius 2 is 1.41 bits per heavy atom. The lowest BCUT2D eigenvalue weighted by molar-refractivity contribution is 0.486. The van der Waals surface area contributed by atoms with Crippen LogP contribution in [0.2, 0.25) is 0 Å². The molecule has 3 rings (SSSR count). The minimum Gasteiger partial charge on any atom is -0.273 e. The Morgan fingerprint density at radius 3 is 1.90 bits per heavy atom. The number of aryl methyl sites for hydroxylation is 3. The molecule has 0 saturated carbocycles. The fraction of sp³-hybridized carbons (Fsp3) is 0.450. The van der Waals surface area contributed by atoms with Gasteiger partial charge in [-0.2, -0.15) is 12.5 Å². The van der Waals surface area contributed by atoms with Gasteiger partial charge >= 0.3 is 5.69 Å². The summed E-state index contributed by atoms with van der Waals surface area (Å²) in [6, 6.07) is 2.91. The Kier molecular flexibility index (Phi) is 5.06. The Morgan fingerprint density at radius 1 is 0.897 bits per heavy atom. The second kappa shape index (κ2) is 6.98. The molecule has 0 radical (unpaired) electrons. The first kappa shape index (κ1) is 21.0. The molecule has 0 spiro atoms. The molecule has 29 heavy (non-hydrogen) atoms. The van der Waals surface area contributed by atoms with Crippen molar-refractivity contribution in [1.29, 1.82) is 0 Å². The van der Waals surface area contributed by atoms with Crippen molar-refractivity contribution in [2.75, 3.05) is 0 Å². The van der Waals surface area contributed by atoms with Crippen molar-refractivity contribution in [2.24, 2.45) is 0 Å². The Balaban J connectivity index is 2.42.